The number of halogens is 2. The van der Waals surface area contributed by atoms with Gasteiger partial charge in [-0.2, -0.15) is 5.10 Å². The number of carbonyl (C=O) groups is 1. The summed E-state index contributed by atoms with van der Waals surface area (Å²) in [6.07, 6.45) is 3.92. The van der Waals surface area contributed by atoms with Crippen molar-refractivity contribution in [3.63, 3.8) is 0 Å². The molecular formula is C21H22ClFN6O. The number of hydrogen-bond acceptors (Lipinski definition) is 5. The minimum atomic E-state index is -0.238. The van der Waals surface area contributed by atoms with E-state index in [1.165, 1.54) is 18.5 Å². The number of hydrogen-bond donors (Lipinski definition) is 1. The monoisotopic (exact) mass is 428 g/mol. The Balaban J connectivity index is 1.38. The average Bonchev–Trinajstić information content (AvgIpc) is 3.16. The Labute approximate surface area is 179 Å². The second-order valence-electron chi connectivity index (χ2n) is 7.14. The smallest absolute Gasteiger partial charge is 0.238 e. The second-order valence-corrected chi connectivity index (χ2v) is 7.58. The SMILES string of the molecule is O=C(CN1CCCN(c2ccc(F)cc2)CC1)Nc1cc(Cl)ccc1-n1cncn1. The number of nitrogens with zero attached hydrogens (tertiary/aromatic N) is 5. The highest BCUT2D eigenvalue weighted by Crippen LogP contribution is 2.24. The van der Waals surface area contributed by atoms with Crippen LogP contribution in [0.4, 0.5) is 15.8 Å². The summed E-state index contributed by atoms with van der Waals surface area (Å²) in [5, 5.41) is 7.60. The fraction of sp³-hybridized carbons (Fsp3) is 0.286. The van der Waals surface area contributed by atoms with E-state index in [4.69, 9.17) is 11.6 Å². The molecule has 0 atom stereocenters. The summed E-state index contributed by atoms with van der Waals surface area (Å²) in [6, 6.07) is 11.8. The van der Waals surface area contributed by atoms with Crippen LogP contribution in [-0.2, 0) is 4.79 Å². The first-order chi connectivity index (χ1) is 14.6. The highest BCUT2D eigenvalue weighted by atomic mass is 35.5. The van der Waals surface area contributed by atoms with Crippen LogP contribution in [0.1, 0.15) is 6.42 Å². The lowest BCUT2D eigenvalue weighted by molar-refractivity contribution is -0.117. The molecule has 9 heteroatoms. The first-order valence-corrected chi connectivity index (χ1v) is 10.1. The number of aromatic nitrogens is 3. The maximum absolute atomic E-state index is 13.2. The zero-order valence-electron chi connectivity index (χ0n) is 16.3. The van der Waals surface area contributed by atoms with Crippen molar-refractivity contribution in [2.75, 3.05) is 42.9 Å². The highest BCUT2D eigenvalue weighted by Gasteiger charge is 2.18. The molecule has 1 aliphatic heterocycles. The quantitative estimate of drug-likeness (QED) is 0.676. The number of rotatable bonds is 5. The van der Waals surface area contributed by atoms with Gasteiger partial charge in [-0.3, -0.25) is 9.69 Å². The van der Waals surface area contributed by atoms with Gasteiger partial charge in [-0.25, -0.2) is 14.1 Å². The summed E-state index contributed by atoms with van der Waals surface area (Å²) in [6.45, 7) is 3.49. The van der Waals surface area contributed by atoms with Crippen molar-refractivity contribution >= 4 is 28.9 Å². The van der Waals surface area contributed by atoms with Crippen LogP contribution < -0.4 is 10.2 Å². The van der Waals surface area contributed by atoms with E-state index in [-0.39, 0.29) is 18.3 Å². The molecule has 0 saturated carbocycles. The molecule has 0 spiro atoms. The Morgan fingerprint density at radius 2 is 1.93 bits per heavy atom. The van der Waals surface area contributed by atoms with Gasteiger partial charge in [-0.1, -0.05) is 11.6 Å². The third kappa shape index (κ3) is 4.95. The zero-order chi connectivity index (χ0) is 20.9. The summed E-state index contributed by atoms with van der Waals surface area (Å²) >= 11 is 6.12. The summed E-state index contributed by atoms with van der Waals surface area (Å²) in [5.74, 6) is -0.355. The third-order valence-electron chi connectivity index (χ3n) is 5.05. The molecule has 2 aromatic carbocycles. The number of carbonyl (C=O) groups excluding carboxylic acids is 1. The lowest BCUT2D eigenvalue weighted by Gasteiger charge is -2.23. The van der Waals surface area contributed by atoms with Crippen molar-refractivity contribution in [3.8, 4) is 5.69 Å². The van der Waals surface area contributed by atoms with Gasteiger partial charge < -0.3 is 10.2 Å². The molecule has 1 N–H and O–H groups in total. The first kappa shape index (κ1) is 20.3. The fourth-order valence-corrected chi connectivity index (χ4v) is 3.74. The van der Waals surface area contributed by atoms with Gasteiger partial charge in [0, 0.05) is 36.9 Å². The van der Waals surface area contributed by atoms with Crippen LogP contribution in [0.15, 0.2) is 55.1 Å². The molecule has 4 rings (SSSR count). The topological polar surface area (TPSA) is 66.3 Å². The maximum atomic E-state index is 13.2. The van der Waals surface area contributed by atoms with Crippen molar-refractivity contribution in [1.29, 1.82) is 0 Å². The maximum Gasteiger partial charge on any atom is 0.238 e. The molecule has 0 aliphatic carbocycles. The van der Waals surface area contributed by atoms with Crippen molar-refractivity contribution < 1.29 is 9.18 Å². The van der Waals surface area contributed by atoms with Crippen molar-refractivity contribution in [2.45, 2.75) is 6.42 Å². The zero-order valence-corrected chi connectivity index (χ0v) is 17.1. The molecular weight excluding hydrogens is 407 g/mol. The van der Waals surface area contributed by atoms with Gasteiger partial charge in [0.2, 0.25) is 5.91 Å². The molecule has 1 aliphatic rings. The molecule has 0 radical (unpaired) electrons. The standard InChI is InChI=1S/C21H22ClFN6O/c22-16-2-7-20(29-15-24-14-25-29)19(12-16)26-21(30)13-27-8-1-9-28(11-10-27)18-5-3-17(23)4-6-18/h2-7,12,14-15H,1,8-11,13H2,(H,26,30). The van der Waals surface area contributed by atoms with Gasteiger partial charge in [0.05, 0.1) is 17.9 Å². The van der Waals surface area contributed by atoms with E-state index >= 15 is 0 Å². The molecule has 3 aromatic rings. The molecule has 2 heterocycles. The van der Waals surface area contributed by atoms with Gasteiger partial charge in [0.25, 0.3) is 0 Å². The molecule has 7 nitrogen and oxygen atoms in total. The Morgan fingerprint density at radius 3 is 2.70 bits per heavy atom. The van der Waals surface area contributed by atoms with Crippen molar-refractivity contribution in [3.05, 3.63) is 66.0 Å². The summed E-state index contributed by atoms with van der Waals surface area (Å²) in [4.78, 5) is 21.0. The molecule has 1 fully saturated rings. The van der Waals surface area contributed by atoms with Crippen LogP contribution >= 0.6 is 11.6 Å². The summed E-state index contributed by atoms with van der Waals surface area (Å²) in [5.41, 5.74) is 2.28. The number of anilines is 2. The van der Waals surface area contributed by atoms with Gasteiger partial charge in [0.15, 0.2) is 0 Å². The minimum Gasteiger partial charge on any atom is -0.370 e. The largest absolute Gasteiger partial charge is 0.370 e. The minimum absolute atomic E-state index is 0.117. The fourth-order valence-electron chi connectivity index (χ4n) is 3.57. The molecule has 0 bridgehead atoms. The van der Waals surface area contributed by atoms with E-state index in [0.29, 0.717) is 16.4 Å². The summed E-state index contributed by atoms with van der Waals surface area (Å²) in [7, 11) is 0. The van der Waals surface area contributed by atoms with Crippen LogP contribution in [0.5, 0.6) is 0 Å². The van der Waals surface area contributed by atoms with Crippen LogP contribution in [0.25, 0.3) is 5.69 Å². The van der Waals surface area contributed by atoms with Crippen LogP contribution in [0.3, 0.4) is 0 Å². The molecule has 156 valence electrons. The Bertz CT molecular complexity index is 995. The number of nitrogens with one attached hydrogen (secondary N) is 1. The highest BCUT2D eigenvalue weighted by molar-refractivity contribution is 6.31. The van der Waals surface area contributed by atoms with E-state index in [9.17, 15) is 9.18 Å². The van der Waals surface area contributed by atoms with E-state index < -0.39 is 0 Å². The normalized spacial score (nSPS) is 15.1. The van der Waals surface area contributed by atoms with E-state index in [2.05, 4.69) is 25.2 Å². The first-order valence-electron chi connectivity index (χ1n) is 9.76. The molecule has 1 amide bonds. The van der Waals surface area contributed by atoms with Crippen molar-refractivity contribution in [1.82, 2.24) is 19.7 Å². The van der Waals surface area contributed by atoms with E-state index in [0.717, 1.165) is 38.3 Å². The van der Waals surface area contributed by atoms with Crippen LogP contribution in [-0.4, -0.2) is 58.3 Å². The molecule has 1 saturated heterocycles. The van der Waals surface area contributed by atoms with Gasteiger partial charge >= 0.3 is 0 Å². The Morgan fingerprint density at radius 1 is 1.10 bits per heavy atom. The van der Waals surface area contributed by atoms with Gasteiger partial charge in [0.1, 0.15) is 18.5 Å². The third-order valence-corrected chi connectivity index (χ3v) is 5.28. The van der Waals surface area contributed by atoms with Crippen LogP contribution in [0, 0.1) is 5.82 Å². The van der Waals surface area contributed by atoms with E-state index in [1.54, 1.807) is 41.3 Å². The Kier molecular flexibility index (Phi) is 6.25. The lowest BCUT2D eigenvalue weighted by Crippen LogP contribution is -2.36. The average molecular weight is 429 g/mol. The van der Waals surface area contributed by atoms with Gasteiger partial charge in [-0.05, 0) is 48.9 Å². The summed E-state index contributed by atoms with van der Waals surface area (Å²) < 4.78 is 14.8. The predicted octanol–water partition coefficient (Wildman–Crippen LogP) is 3.21. The Hall–Kier alpha value is -2.97. The van der Waals surface area contributed by atoms with E-state index in [1.807, 2.05) is 0 Å². The molecule has 30 heavy (non-hydrogen) atoms. The lowest BCUT2D eigenvalue weighted by atomic mass is 10.2. The van der Waals surface area contributed by atoms with Crippen LogP contribution in [0.2, 0.25) is 5.02 Å². The predicted molar refractivity (Wildman–Crippen MR) is 115 cm³/mol. The molecule has 0 unspecified atom stereocenters. The van der Waals surface area contributed by atoms with Crippen molar-refractivity contribution in [2.24, 2.45) is 0 Å². The number of benzene rings is 2. The van der Waals surface area contributed by atoms with Gasteiger partial charge in [-0.15, -0.1) is 0 Å². The number of amides is 1. The molecule has 1 aromatic heterocycles. The second kappa shape index (κ2) is 9.23.